The van der Waals surface area contributed by atoms with Gasteiger partial charge in [0.15, 0.2) is 17.2 Å². The van der Waals surface area contributed by atoms with Gasteiger partial charge in [-0.3, -0.25) is 9.59 Å². The average Bonchev–Trinajstić information content (AvgIpc) is 3.31. The van der Waals surface area contributed by atoms with Gasteiger partial charge in [-0.15, -0.1) is 5.10 Å². The number of nitrogens with one attached hydrogen (secondary N) is 1. The van der Waals surface area contributed by atoms with Crippen molar-refractivity contribution in [2.75, 3.05) is 27.8 Å². The maximum Gasteiger partial charge on any atom is 0.276 e. The summed E-state index contributed by atoms with van der Waals surface area (Å²) >= 11 is 0. The van der Waals surface area contributed by atoms with Crippen molar-refractivity contribution in [1.29, 1.82) is 0 Å². The van der Waals surface area contributed by atoms with Crippen LogP contribution in [0.15, 0.2) is 54.7 Å². The second-order valence-electron chi connectivity index (χ2n) is 7.55. The van der Waals surface area contributed by atoms with Crippen molar-refractivity contribution in [2.45, 2.75) is 25.9 Å². The summed E-state index contributed by atoms with van der Waals surface area (Å²) < 4.78 is 12.1. The van der Waals surface area contributed by atoms with Crippen LogP contribution in [0.1, 0.15) is 28.0 Å². The Hall–Kier alpha value is -3.88. The normalized spacial score (nSPS) is 10.5. The third-order valence-corrected chi connectivity index (χ3v) is 5.12. The number of carbonyl (C=O) groups is 2. The van der Waals surface area contributed by atoms with Crippen LogP contribution in [0.2, 0.25) is 0 Å². The predicted octanol–water partition coefficient (Wildman–Crippen LogP) is 2.32. The summed E-state index contributed by atoms with van der Waals surface area (Å²) in [5.74, 6) is 1.02. The lowest BCUT2D eigenvalue weighted by Crippen LogP contribution is -2.27. The molecule has 3 aromatic rings. The molecule has 0 atom stereocenters. The van der Waals surface area contributed by atoms with Crippen LogP contribution in [0.25, 0.3) is 0 Å². The molecule has 0 aliphatic rings. The predicted molar refractivity (Wildman–Crippen MR) is 123 cm³/mol. The average molecular weight is 452 g/mol. The number of amides is 2. The highest BCUT2D eigenvalue weighted by molar-refractivity contribution is 5.91. The first-order valence-corrected chi connectivity index (χ1v) is 10.7. The third kappa shape index (κ3) is 6.80. The van der Waals surface area contributed by atoms with E-state index in [9.17, 15) is 9.59 Å². The molecule has 0 bridgehead atoms. The molecule has 0 saturated heterocycles. The molecule has 1 aromatic heterocycles. The second-order valence-corrected chi connectivity index (χ2v) is 7.55. The smallest absolute Gasteiger partial charge is 0.276 e. The highest BCUT2D eigenvalue weighted by atomic mass is 16.5. The molecule has 174 valence electrons. The standard InChI is InChI=1S/C24H29N5O4/c1-28(16-19-7-5-4-6-8-19)24(31)20-17-29(27-26-20)14-13-25-23(30)12-10-18-9-11-21(32-2)22(15-18)33-3/h4-9,11,15,17H,10,12-14,16H2,1-3H3,(H,25,30). The number of aromatic nitrogens is 3. The lowest BCUT2D eigenvalue weighted by Gasteiger charge is -2.15. The summed E-state index contributed by atoms with van der Waals surface area (Å²) in [6.07, 6.45) is 2.53. The lowest BCUT2D eigenvalue weighted by atomic mass is 10.1. The van der Waals surface area contributed by atoms with Gasteiger partial charge in [-0.2, -0.15) is 0 Å². The SMILES string of the molecule is COc1ccc(CCC(=O)NCCn2cc(C(=O)N(C)Cc3ccccc3)nn2)cc1OC. The molecule has 9 heteroatoms. The van der Waals surface area contributed by atoms with Crippen molar-refractivity contribution < 1.29 is 19.1 Å². The molecule has 0 radical (unpaired) electrons. The zero-order valence-corrected chi connectivity index (χ0v) is 19.2. The fourth-order valence-corrected chi connectivity index (χ4v) is 3.32. The van der Waals surface area contributed by atoms with E-state index in [1.807, 2.05) is 48.5 Å². The first-order valence-electron chi connectivity index (χ1n) is 10.7. The van der Waals surface area contributed by atoms with Crippen molar-refractivity contribution in [1.82, 2.24) is 25.2 Å². The highest BCUT2D eigenvalue weighted by Crippen LogP contribution is 2.27. The van der Waals surface area contributed by atoms with Gasteiger partial charge in [0.05, 0.1) is 27.0 Å². The molecule has 1 heterocycles. The van der Waals surface area contributed by atoms with Crippen LogP contribution in [0.5, 0.6) is 11.5 Å². The van der Waals surface area contributed by atoms with Crippen molar-refractivity contribution in [3.05, 3.63) is 71.5 Å². The number of hydrogen-bond acceptors (Lipinski definition) is 6. The van der Waals surface area contributed by atoms with E-state index in [2.05, 4.69) is 15.6 Å². The molecule has 3 rings (SSSR count). The molecular weight excluding hydrogens is 422 g/mol. The van der Waals surface area contributed by atoms with E-state index >= 15 is 0 Å². The summed E-state index contributed by atoms with van der Waals surface area (Å²) in [4.78, 5) is 26.4. The molecular formula is C24H29N5O4. The van der Waals surface area contributed by atoms with Crippen LogP contribution in [0, 0.1) is 0 Å². The molecule has 2 amide bonds. The van der Waals surface area contributed by atoms with Crippen LogP contribution < -0.4 is 14.8 Å². The van der Waals surface area contributed by atoms with Crippen molar-refractivity contribution in [3.63, 3.8) is 0 Å². The largest absolute Gasteiger partial charge is 0.493 e. The van der Waals surface area contributed by atoms with Crippen molar-refractivity contribution in [2.24, 2.45) is 0 Å². The zero-order valence-electron chi connectivity index (χ0n) is 19.2. The lowest BCUT2D eigenvalue weighted by molar-refractivity contribution is -0.121. The number of aryl methyl sites for hydroxylation is 1. The van der Waals surface area contributed by atoms with E-state index < -0.39 is 0 Å². The van der Waals surface area contributed by atoms with Crippen LogP contribution in [0.3, 0.4) is 0 Å². The minimum atomic E-state index is -0.205. The van der Waals surface area contributed by atoms with Crippen LogP contribution in [0.4, 0.5) is 0 Å². The van der Waals surface area contributed by atoms with E-state index in [0.717, 1.165) is 11.1 Å². The first-order chi connectivity index (χ1) is 16.0. The Balaban J connectivity index is 1.42. The minimum absolute atomic E-state index is 0.0659. The molecule has 9 nitrogen and oxygen atoms in total. The van der Waals surface area contributed by atoms with Gasteiger partial charge in [0.2, 0.25) is 5.91 Å². The molecule has 0 aliphatic carbocycles. The van der Waals surface area contributed by atoms with Gasteiger partial charge in [0.25, 0.3) is 5.91 Å². The topological polar surface area (TPSA) is 98.6 Å². The monoisotopic (exact) mass is 451 g/mol. The van der Waals surface area contributed by atoms with Gasteiger partial charge in [-0.05, 0) is 29.7 Å². The maximum atomic E-state index is 12.6. The van der Waals surface area contributed by atoms with Gasteiger partial charge in [0.1, 0.15) is 0 Å². The Bertz CT molecular complexity index is 1070. The fourth-order valence-electron chi connectivity index (χ4n) is 3.32. The number of rotatable bonds is 11. The number of nitrogens with zero attached hydrogens (tertiary/aromatic N) is 4. The van der Waals surface area contributed by atoms with E-state index in [1.54, 1.807) is 37.0 Å². The molecule has 0 fully saturated rings. The Morgan fingerprint density at radius 3 is 2.52 bits per heavy atom. The van der Waals surface area contributed by atoms with E-state index in [4.69, 9.17) is 9.47 Å². The number of carbonyl (C=O) groups excluding carboxylic acids is 2. The molecule has 1 N–H and O–H groups in total. The fraction of sp³-hybridized carbons (Fsp3) is 0.333. The van der Waals surface area contributed by atoms with Crippen molar-refractivity contribution >= 4 is 11.8 Å². The Morgan fingerprint density at radius 2 is 1.79 bits per heavy atom. The third-order valence-electron chi connectivity index (χ3n) is 5.12. The molecule has 2 aromatic carbocycles. The molecule has 0 saturated carbocycles. The van der Waals surface area contributed by atoms with Gasteiger partial charge < -0.3 is 19.7 Å². The number of methoxy groups -OCH3 is 2. The van der Waals surface area contributed by atoms with E-state index in [1.165, 1.54) is 0 Å². The minimum Gasteiger partial charge on any atom is -0.493 e. The first kappa shape index (κ1) is 23.8. The maximum absolute atomic E-state index is 12.6. The summed E-state index contributed by atoms with van der Waals surface area (Å²) in [6, 6.07) is 15.4. The Morgan fingerprint density at radius 1 is 1.03 bits per heavy atom. The van der Waals surface area contributed by atoms with Crippen molar-refractivity contribution in [3.8, 4) is 11.5 Å². The summed E-state index contributed by atoms with van der Waals surface area (Å²) in [7, 11) is 4.90. The van der Waals surface area contributed by atoms with Gasteiger partial charge in [0, 0.05) is 26.6 Å². The van der Waals surface area contributed by atoms with Crippen LogP contribution in [-0.2, 0) is 24.3 Å². The molecule has 0 unspecified atom stereocenters. The Kier molecular flexibility index (Phi) is 8.40. The Labute approximate surface area is 193 Å². The molecule has 0 spiro atoms. The number of hydrogen-bond donors (Lipinski definition) is 1. The number of ether oxygens (including phenoxy) is 2. The van der Waals surface area contributed by atoms with Gasteiger partial charge in [-0.1, -0.05) is 41.6 Å². The van der Waals surface area contributed by atoms with E-state index in [0.29, 0.717) is 44.0 Å². The molecule has 33 heavy (non-hydrogen) atoms. The summed E-state index contributed by atoms with van der Waals surface area (Å²) in [6.45, 7) is 1.30. The summed E-state index contributed by atoms with van der Waals surface area (Å²) in [5.41, 5.74) is 2.30. The van der Waals surface area contributed by atoms with Crippen LogP contribution >= 0.6 is 0 Å². The second kappa shape index (κ2) is 11.7. The van der Waals surface area contributed by atoms with E-state index in [-0.39, 0.29) is 17.5 Å². The quantitative estimate of drug-likeness (QED) is 0.480. The van der Waals surface area contributed by atoms with Gasteiger partial charge >= 0.3 is 0 Å². The molecule has 0 aliphatic heterocycles. The van der Waals surface area contributed by atoms with Gasteiger partial charge in [-0.25, -0.2) is 4.68 Å². The van der Waals surface area contributed by atoms with Crippen LogP contribution in [-0.4, -0.2) is 59.5 Å². The zero-order chi connectivity index (χ0) is 23.6. The number of benzene rings is 2. The highest BCUT2D eigenvalue weighted by Gasteiger charge is 2.16. The summed E-state index contributed by atoms with van der Waals surface area (Å²) in [5, 5.41) is 10.8.